The van der Waals surface area contributed by atoms with Gasteiger partial charge in [-0.2, -0.15) is 9.61 Å². The predicted octanol–water partition coefficient (Wildman–Crippen LogP) is 4.60. The second-order valence-electron chi connectivity index (χ2n) is 6.28. The Morgan fingerprint density at radius 1 is 1.19 bits per heavy atom. The van der Waals surface area contributed by atoms with Gasteiger partial charge in [0, 0.05) is 11.1 Å². The summed E-state index contributed by atoms with van der Waals surface area (Å²) in [5.41, 5.74) is 1.74. The summed E-state index contributed by atoms with van der Waals surface area (Å²) in [5, 5.41) is 19.6. The number of anilines is 1. The summed E-state index contributed by atoms with van der Waals surface area (Å²) in [7, 11) is 1.45. The van der Waals surface area contributed by atoms with E-state index in [2.05, 4.69) is 25.9 Å². The van der Waals surface area contributed by atoms with Crippen LogP contribution in [-0.4, -0.2) is 37.9 Å². The van der Waals surface area contributed by atoms with Gasteiger partial charge < -0.3 is 10.1 Å². The van der Waals surface area contributed by atoms with Crippen molar-refractivity contribution in [2.75, 3.05) is 12.4 Å². The monoisotopic (exact) mass is 492 g/mol. The van der Waals surface area contributed by atoms with Gasteiger partial charge in [0.05, 0.1) is 22.8 Å². The van der Waals surface area contributed by atoms with E-state index in [1.54, 1.807) is 4.52 Å². The largest absolute Gasteiger partial charge is 0.494 e. The highest BCUT2D eigenvalue weighted by atomic mass is 35.5. The standard InChI is InChI=1S/C19H14Cl2N6O2S2/c1-9-24-25-19-27(9)26-17(31-19)11-5-3-4-6-14(11)22-18(30)23-16(28)10-7-12(20)15(29-2)13(21)8-10/h3-8H,1-2H3,(H2,22,23,28,30). The molecule has 0 radical (unpaired) electrons. The number of ether oxygens (including phenoxy) is 1. The lowest BCUT2D eigenvalue weighted by Gasteiger charge is -2.13. The molecule has 0 bridgehead atoms. The van der Waals surface area contributed by atoms with Gasteiger partial charge in [-0.3, -0.25) is 10.1 Å². The normalized spacial score (nSPS) is 10.8. The van der Waals surface area contributed by atoms with Crippen LogP contribution in [0.5, 0.6) is 5.75 Å². The average molecular weight is 493 g/mol. The lowest BCUT2D eigenvalue weighted by Crippen LogP contribution is -2.34. The maximum absolute atomic E-state index is 12.6. The van der Waals surface area contributed by atoms with E-state index in [1.807, 2.05) is 31.2 Å². The minimum atomic E-state index is -0.462. The first-order valence-corrected chi connectivity index (χ1v) is 10.8. The van der Waals surface area contributed by atoms with Crippen LogP contribution in [0.4, 0.5) is 5.69 Å². The molecule has 2 heterocycles. The minimum absolute atomic E-state index is 0.111. The molecule has 0 aliphatic heterocycles. The van der Waals surface area contributed by atoms with Gasteiger partial charge in [-0.25, -0.2) is 0 Å². The van der Waals surface area contributed by atoms with E-state index in [0.29, 0.717) is 22.2 Å². The molecule has 0 fully saturated rings. The van der Waals surface area contributed by atoms with E-state index in [4.69, 9.17) is 40.2 Å². The zero-order valence-electron chi connectivity index (χ0n) is 16.1. The molecule has 4 aromatic rings. The summed E-state index contributed by atoms with van der Waals surface area (Å²) in [6.45, 7) is 1.83. The molecular weight excluding hydrogens is 479 g/mol. The molecular formula is C19H14Cl2N6O2S2. The fourth-order valence-corrected chi connectivity index (χ4v) is 4.59. The number of thiocarbonyl (C=S) groups is 1. The number of hydrogen-bond acceptors (Lipinski definition) is 7. The predicted molar refractivity (Wildman–Crippen MR) is 126 cm³/mol. The molecule has 2 aromatic carbocycles. The maximum atomic E-state index is 12.6. The van der Waals surface area contributed by atoms with E-state index in [-0.39, 0.29) is 20.7 Å². The summed E-state index contributed by atoms with van der Waals surface area (Å²) in [6, 6.07) is 10.4. The van der Waals surface area contributed by atoms with Gasteiger partial charge in [0.15, 0.2) is 16.7 Å². The second kappa shape index (κ2) is 8.75. The first-order chi connectivity index (χ1) is 14.9. The van der Waals surface area contributed by atoms with E-state index in [9.17, 15) is 4.79 Å². The number of halogens is 2. The van der Waals surface area contributed by atoms with Crippen molar-refractivity contribution in [2.45, 2.75) is 6.92 Å². The van der Waals surface area contributed by atoms with Crippen LogP contribution < -0.4 is 15.4 Å². The number of rotatable bonds is 4. The van der Waals surface area contributed by atoms with Crippen molar-refractivity contribution in [2.24, 2.45) is 0 Å². The Balaban J connectivity index is 1.54. The molecule has 1 amide bonds. The van der Waals surface area contributed by atoms with Crippen molar-refractivity contribution in [3.63, 3.8) is 0 Å². The molecule has 2 N–H and O–H groups in total. The SMILES string of the molecule is COc1c(Cl)cc(C(=O)NC(=S)Nc2ccccc2-c2nn3c(C)nnc3s2)cc1Cl. The zero-order valence-corrected chi connectivity index (χ0v) is 19.3. The third-order valence-corrected chi connectivity index (χ3v) is 5.94. The van der Waals surface area contributed by atoms with Crippen molar-refractivity contribution >= 4 is 68.4 Å². The average Bonchev–Trinajstić information content (AvgIpc) is 3.30. The third kappa shape index (κ3) is 4.33. The van der Waals surface area contributed by atoms with Crippen LogP contribution in [0.2, 0.25) is 10.0 Å². The molecule has 31 heavy (non-hydrogen) atoms. The summed E-state index contributed by atoms with van der Waals surface area (Å²) in [5.74, 6) is 0.535. The molecule has 12 heteroatoms. The van der Waals surface area contributed by atoms with Gasteiger partial charge in [-0.05, 0) is 43.4 Å². The Morgan fingerprint density at radius 3 is 2.58 bits per heavy atom. The number of fused-ring (bicyclic) bond motifs is 1. The molecule has 0 saturated carbocycles. The molecule has 0 aliphatic rings. The van der Waals surface area contributed by atoms with E-state index in [1.165, 1.54) is 30.6 Å². The Labute approximate surface area is 196 Å². The lowest BCUT2D eigenvalue weighted by atomic mass is 10.2. The van der Waals surface area contributed by atoms with Gasteiger partial charge in [0.25, 0.3) is 5.91 Å². The van der Waals surface area contributed by atoms with Gasteiger partial charge in [-0.15, -0.1) is 10.2 Å². The fourth-order valence-electron chi connectivity index (χ4n) is 2.82. The van der Waals surface area contributed by atoms with Crippen LogP contribution in [0.15, 0.2) is 36.4 Å². The summed E-state index contributed by atoms with van der Waals surface area (Å²) in [6.07, 6.45) is 0. The molecule has 0 saturated heterocycles. The van der Waals surface area contributed by atoms with E-state index < -0.39 is 5.91 Å². The van der Waals surface area contributed by atoms with Crippen molar-refractivity contribution in [1.29, 1.82) is 0 Å². The van der Waals surface area contributed by atoms with Crippen LogP contribution in [0.1, 0.15) is 16.2 Å². The van der Waals surface area contributed by atoms with E-state index in [0.717, 1.165) is 10.6 Å². The lowest BCUT2D eigenvalue weighted by molar-refractivity contribution is 0.0977. The summed E-state index contributed by atoms with van der Waals surface area (Å²) >= 11 is 19.0. The Kier molecular flexibility index (Phi) is 6.05. The van der Waals surface area contributed by atoms with Gasteiger partial charge in [-0.1, -0.05) is 46.7 Å². The first-order valence-electron chi connectivity index (χ1n) is 8.81. The Bertz CT molecular complexity index is 1300. The van der Waals surface area contributed by atoms with Crippen molar-refractivity contribution in [3.05, 3.63) is 57.8 Å². The second-order valence-corrected chi connectivity index (χ2v) is 8.45. The molecule has 8 nitrogen and oxygen atoms in total. The number of nitrogens with zero attached hydrogens (tertiary/aromatic N) is 4. The van der Waals surface area contributed by atoms with Crippen LogP contribution in [-0.2, 0) is 0 Å². The molecule has 0 unspecified atom stereocenters. The smallest absolute Gasteiger partial charge is 0.257 e. The number of para-hydroxylation sites is 1. The number of benzene rings is 2. The Hall–Kier alpha value is -2.79. The molecule has 0 aliphatic carbocycles. The number of carbonyl (C=O) groups excluding carboxylic acids is 1. The number of aryl methyl sites for hydroxylation is 1. The molecule has 2 aromatic heterocycles. The third-order valence-electron chi connectivity index (χ3n) is 4.24. The van der Waals surface area contributed by atoms with Gasteiger partial charge in [0.2, 0.25) is 4.96 Å². The van der Waals surface area contributed by atoms with E-state index >= 15 is 0 Å². The van der Waals surface area contributed by atoms with Crippen LogP contribution in [0.25, 0.3) is 15.5 Å². The highest BCUT2D eigenvalue weighted by molar-refractivity contribution is 7.80. The topological polar surface area (TPSA) is 93.4 Å². The van der Waals surface area contributed by atoms with Gasteiger partial charge >= 0.3 is 0 Å². The number of nitrogens with one attached hydrogen (secondary N) is 2. The quantitative estimate of drug-likeness (QED) is 0.402. The van der Waals surface area contributed by atoms with Crippen molar-refractivity contribution in [3.8, 4) is 16.3 Å². The van der Waals surface area contributed by atoms with Crippen LogP contribution in [0.3, 0.4) is 0 Å². The van der Waals surface area contributed by atoms with Crippen molar-refractivity contribution < 1.29 is 9.53 Å². The molecule has 4 rings (SSSR count). The maximum Gasteiger partial charge on any atom is 0.257 e. The number of hydrogen-bond donors (Lipinski definition) is 2. The van der Waals surface area contributed by atoms with Crippen LogP contribution in [0, 0.1) is 6.92 Å². The zero-order chi connectivity index (χ0) is 22.1. The number of methoxy groups -OCH3 is 1. The summed E-state index contributed by atoms with van der Waals surface area (Å²) < 4.78 is 6.77. The van der Waals surface area contributed by atoms with Gasteiger partial charge in [0.1, 0.15) is 5.01 Å². The highest BCUT2D eigenvalue weighted by Gasteiger charge is 2.17. The minimum Gasteiger partial charge on any atom is -0.494 e. The molecule has 158 valence electrons. The highest BCUT2D eigenvalue weighted by Crippen LogP contribution is 2.34. The number of aromatic nitrogens is 4. The molecule has 0 spiro atoms. The molecule has 0 atom stereocenters. The first kappa shape index (κ1) is 21.4. The number of carbonyl (C=O) groups is 1. The van der Waals surface area contributed by atoms with Crippen molar-refractivity contribution in [1.82, 2.24) is 25.1 Å². The fraction of sp³-hybridized carbons (Fsp3) is 0.105. The Morgan fingerprint density at radius 2 is 1.90 bits per heavy atom. The summed E-state index contributed by atoms with van der Waals surface area (Å²) in [4.78, 5) is 13.3. The van der Waals surface area contributed by atoms with Crippen LogP contribution >= 0.6 is 46.8 Å². The number of amides is 1.